The van der Waals surface area contributed by atoms with E-state index in [2.05, 4.69) is 26.3 Å². The summed E-state index contributed by atoms with van der Waals surface area (Å²) in [6.07, 6.45) is 0. The number of aromatic nitrogens is 4. The van der Waals surface area contributed by atoms with Crippen molar-refractivity contribution in [2.45, 2.75) is 23.5 Å². The molecule has 0 saturated carbocycles. The molecule has 20 heavy (non-hydrogen) atoms. The van der Waals surface area contributed by atoms with Gasteiger partial charge in [-0.05, 0) is 52.9 Å². The van der Waals surface area contributed by atoms with E-state index in [0.29, 0.717) is 10.7 Å². The van der Waals surface area contributed by atoms with Crippen molar-refractivity contribution in [2.24, 2.45) is 0 Å². The van der Waals surface area contributed by atoms with Crippen LogP contribution in [0.2, 0.25) is 0 Å². The van der Waals surface area contributed by atoms with Crippen LogP contribution in [0.15, 0.2) is 28.3 Å². The van der Waals surface area contributed by atoms with Crippen molar-refractivity contribution in [3.8, 4) is 6.07 Å². The minimum Gasteiger partial charge on any atom is -0.468 e. The number of ether oxygens (including phenoxy) is 1. The zero-order valence-electron chi connectivity index (χ0n) is 10.9. The Morgan fingerprint density at radius 3 is 3.00 bits per heavy atom. The number of methoxy groups -OCH3 is 1. The molecule has 0 N–H and O–H groups in total. The van der Waals surface area contributed by atoms with E-state index < -0.39 is 5.97 Å². The van der Waals surface area contributed by atoms with Gasteiger partial charge in [-0.1, -0.05) is 0 Å². The number of hydrogen-bond acceptors (Lipinski definition) is 7. The van der Waals surface area contributed by atoms with E-state index in [1.54, 1.807) is 6.07 Å². The lowest BCUT2D eigenvalue weighted by Crippen LogP contribution is -2.13. The van der Waals surface area contributed by atoms with Gasteiger partial charge in [0.05, 0.1) is 18.7 Å². The van der Waals surface area contributed by atoms with Crippen LogP contribution in [0.5, 0.6) is 0 Å². The summed E-state index contributed by atoms with van der Waals surface area (Å²) < 4.78 is 5.94. The van der Waals surface area contributed by atoms with Gasteiger partial charge >= 0.3 is 5.97 Å². The zero-order valence-corrected chi connectivity index (χ0v) is 11.7. The number of nitrogens with zero attached hydrogens (tertiary/aromatic N) is 5. The maximum Gasteiger partial charge on any atom is 0.327 e. The van der Waals surface area contributed by atoms with Gasteiger partial charge in [0, 0.05) is 4.90 Å². The monoisotopic (exact) mass is 289 g/mol. The minimum atomic E-state index is -0.421. The highest BCUT2D eigenvalue weighted by atomic mass is 32.2. The summed E-state index contributed by atoms with van der Waals surface area (Å²) >= 11 is 1.32. The van der Waals surface area contributed by atoms with Crippen molar-refractivity contribution in [1.29, 1.82) is 5.26 Å². The van der Waals surface area contributed by atoms with E-state index in [1.165, 1.54) is 23.6 Å². The van der Waals surface area contributed by atoms with Crippen molar-refractivity contribution in [2.75, 3.05) is 7.11 Å². The molecular formula is C12H11N5O2S. The van der Waals surface area contributed by atoms with Gasteiger partial charge in [-0.25, -0.2) is 4.68 Å². The first kappa shape index (κ1) is 14.0. The predicted octanol–water partition coefficient (Wildman–Crippen LogP) is 1.18. The van der Waals surface area contributed by atoms with Crippen LogP contribution in [0.1, 0.15) is 11.1 Å². The third-order valence-electron chi connectivity index (χ3n) is 2.53. The molecule has 2 aromatic rings. The summed E-state index contributed by atoms with van der Waals surface area (Å²) in [5, 5.41) is 20.5. The van der Waals surface area contributed by atoms with Gasteiger partial charge < -0.3 is 4.74 Å². The summed E-state index contributed by atoms with van der Waals surface area (Å²) in [4.78, 5) is 12.1. The topological polar surface area (TPSA) is 93.7 Å². The number of carbonyl (C=O) groups excluding carboxylic acids is 1. The highest BCUT2D eigenvalue weighted by Crippen LogP contribution is 2.26. The fourth-order valence-electron chi connectivity index (χ4n) is 1.49. The number of tetrazole rings is 1. The van der Waals surface area contributed by atoms with E-state index in [9.17, 15) is 4.79 Å². The van der Waals surface area contributed by atoms with Crippen molar-refractivity contribution in [1.82, 2.24) is 20.2 Å². The molecule has 0 aliphatic carbocycles. The number of aryl methyl sites for hydroxylation is 1. The molecule has 8 heteroatoms. The molecule has 0 saturated heterocycles. The first-order chi connectivity index (χ1) is 9.63. The molecule has 0 spiro atoms. The average Bonchev–Trinajstić information content (AvgIpc) is 2.86. The van der Waals surface area contributed by atoms with Gasteiger partial charge in [-0.3, -0.25) is 4.79 Å². The summed E-state index contributed by atoms with van der Waals surface area (Å²) in [7, 11) is 1.31. The van der Waals surface area contributed by atoms with Crippen LogP contribution >= 0.6 is 11.8 Å². The number of hydrogen-bond donors (Lipinski definition) is 0. The van der Waals surface area contributed by atoms with E-state index in [1.807, 2.05) is 19.1 Å². The SMILES string of the molecule is COC(=O)Cn1nnnc1Sc1ccc(C#N)c(C)c1. The van der Waals surface area contributed by atoms with Gasteiger partial charge in [0.2, 0.25) is 5.16 Å². The van der Waals surface area contributed by atoms with Crippen LogP contribution in [0.25, 0.3) is 0 Å². The fraction of sp³-hybridized carbons (Fsp3) is 0.250. The summed E-state index contributed by atoms with van der Waals surface area (Å²) in [6.45, 7) is 1.82. The first-order valence-corrected chi connectivity index (χ1v) is 6.47. The third kappa shape index (κ3) is 3.13. The predicted molar refractivity (Wildman–Crippen MR) is 69.9 cm³/mol. The smallest absolute Gasteiger partial charge is 0.327 e. The lowest BCUT2D eigenvalue weighted by molar-refractivity contribution is -0.141. The number of rotatable bonds is 4. The highest BCUT2D eigenvalue weighted by Gasteiger charge is 2.12. The van der Waals surface area contributed by atoms with Gasteiger partial charge in [-0.2, -0.15) is 5.26 Å². The maximum atomic E-state index is 11.2. The largest absolute Gasteiger partial charge is 0.468 e. The molecule has 102 valence electrons. The maximum absolute atomic E-state index is 11.2. The van der Waals surface area contributed by atoms with Crippen molar-refractivity contribution in [3.63, 3.8) is 0 Å². The number of nitriles is 1. The highest BCUT2D eigenvalue weighted by molar-refractivity contribution is 7.99. The lowest BCUT2D eigenvalue weighted by atomic mass is 10.1. The van der Waals surface area contributed by atoms with Crippen LogP contribution in [-0.4, -0.2) is 33.3 Å². The number of carbonyl (C=O) groups is 1. The second kappa shape index (κ2) is 6.16. The van der Waals surface area contributed by atoms with Crippen molar-refractivity contribution < 1.29 is 9.53 Å². The lowest BCUT2D eigenvalue weighted by Gasteiger charge is -2.04. The molecule has 0 unspecified atom stereocenters. The summed E-state index contributed by atoms with van der Waals surface area (Å²) in [6, 6.07) is 7.54. The normalized spacial score (nSPS) is 10.1. The van der Waals surface area contributed by atoms with Gasteiger partial charge in [-0.15, -0.1) is 5.10 Å². The second-order valence-electron chi connectivity index (χ2n) is 3.89. The minimum absolute atomic E-state index is 0.0406. The molecule has 1 aromatic heterocycles. The quantitative estimate of drug-likeness (QED) is 0.780. The van der Waals surface area contributed by atoms with Gasteiger partial charge in [0.1, 0.15) is 6.54 Å². The zero-order chi connectivity index (χ0) is 14.5. The Morgan fingerprint density at radius 2 is 2.35 bits per heavy atom. The molecule has 2 rings (SSSR count). The van der Waals surface area contributed by atoms with Gasteiger partial charge in [0.15, 0.2) is 0 Å². The van der Waals surface area contributed by atoms with Crippen LogP contribution in [-0.2, 0) is 16.1 Å². The van der Waals surface area contributed by atoms with E-state index in [4.69, 9.17) is 5.26 Å². The molecule has 0 aliphatic rings. The molecule has 1 aromatic carbocycles. The van der Waals surface area contributed by atoms with Crippen LogP contribution < -0.4 is 0 Å². The van der Waals surface area contributed by atoms with Crippen molar-refractivity contribution >= 4 is 17.7 Å². The molecule has 7 nitrogen and oxygen atoms in total. The summed E-state index contributed by atoms with van der Waals surface area (Å²) in [5.74, 6) is -0.421. The average molecular weight is 289 g/mol. The molecule has 0 aliphatic heterocycles. The Labute approximate surface area is 119 Å². The fourth-order valence-corrected chi connectivity index (χ4v) is 2.35. The molecular weight excluding hydrogens is 278 g/mol. The first-order valence-electron chi connectivity index (χ1n) is 5.65. The Morgan fingerprint density at radius 1 is 1.55 bits per heavy atom. The van der Waals surface area contributed by atoms with E-state index in [0.717, 1.165) is 10.5 Å². The van der Waals surface area contributed by atoms with Crippen LogP contribution in [0.3, 0.4) is 0 Å². The number of benzene rings is 1. The Hall–Kier alpha value is -2.40. The molecule has 0 atom stereocenters. The Kier molecular flexibility index (Phi) is 4.32. The molecule has 1 heterocycles. The standard InChI is InChI=1S/C12H11N5O2S/c1-8-5-10(4-3-9(8)6-13)20-12-14-15-16-17(12)7-11(18)19-2/h3-5H,7H2,1-2H3. The summed E-state index contributed by atoms with van der Waals surface area (Å²) in [5.41, 5.74) is 1.51. The molecule has 0 bridgehead atoms. The molecule has 0 amide bonds. The van der Waals surface area contributed by atoms with Crippen molar-refractivity contribution in [3.05, 3.63) is 29.3 Å². The Bertz CT molecular complexity index is 677. The van der Waals surface area contributed by atoms with Crippen LogP contribution in [0.4, 0.5) is 0 Å². The van der Waals surface area contributed by atoms with Gasteiger partial charge in [0.25, 0.3) is 0 Å². The molecule has 0 radical (unpaired) electrons. The van der Waals surface area contributed by atoms with E-state index >= 15 is 0 Å². The van der Waals surface area contributed by atoms with E-state index in [-0.39, 0.29) is 6.54 Å². The molecule has 0 fully saturated rings. The second-order valence-corrected chi connectivity index (χ2v) is 4.93. The van der Waals surface area contributed by atoms with Crippen LogP contribution in [0, 0.1) is 18.3 Å². The Balaban J connectivity index is 2.19. The third-order valence-corrected chi connectivity index (χ3v) is 3.50. The number of esters is 1.